The van der Waals surface area contributed by atoms with E-state index in [4.69, 9.17) is 28.9 Å². The van der Waals surface area contributed by atoms with Crippen molar-refractivity contribution in [2.24, 2.45) is 0 Å². The van der Waals surface area contributed by atoms with Gasteiger partial charge in [-0.05, 0) is 23.8 Å². The molecule has 0 fully saturated rings. The highest BCUT2D eigenvalue weighted by molar-refractivity contribution is 6.32. The van der Waals surface area contributed by atoms with Crippen molar-refractivity contribution < 1.29 is 4.79 Å². The lowest BCUT2D eigenvalue weighted by molar-refractivity contribution is 0.0785. The lowest BCUT2D eigenvalue weighted by Gasteiger charge is -2.18. The van der Waals surface area contributed by atoms with Crippen molar-refractivity contribution in [2.45, 2.75) is 6.54 Å². The van der Waals surface area contributed by atoms with Gasteiger partial charge in [0.05, 0.1) is 17.4 Å². The number of carbonyl (C=O) groups excluding carboxylic acids is 1. The molecule has 6 heteroatoms. The van der Waals surface area contributed by atoms with E-state index in [0.29, 0.717) is 17.3 Å². The highest BCUT2D eigenvalue weighted by Crippen LogP contribution is 2.19. The Labute approximate surface area is 127 Å². The largest absolute Gasteiger partial charge is 0.397 e. The van der Waals surface area contributed by atoms with Gasteiger partial charge in [-0.2, -0.15) is 0 Å². The van der Waals surface area contributed by atoms with Gasteiger partial charge in [-0.25, -0.2) is 4.98 Å². The quantitative estimate of drug-likeness (QED) is 0.885. The van der Waals surface area contributed by atoms with Crippen LogP contribution in [0.4, 0.5) is 5.69 Å². The van der Waals surface area contributed by atoms with Gasteiger partial charge in [0.25, 0.3) is 5.91 Å². The zero-order chi connectivity index (χ0) is 14.7. The van der Waals surface area contributed by atoms with E-state index in [9.17, 15) is 4.79 Å². The predicted molar refractivity (Wildman–Crippen MR) is 80.9 cm³/mol. The van der Waals surface area contributed by atoms with Crippen LogP contribution in [0.25, 0.3) is 0 Å². The minimum Gasteiger partial charge on any atom is -0.397 e. The number of amides is 1. The molecule has 0 saturated heterocycles. The van der Waals surface area contributed by atoms with Gasteiger partial charge in [-0.1, -0.05) is 35.3 Å². The summed E-state index contributed by atoms with van der Waals surface area (Å²) in [6.07, 6.45) is 1.41. The summed E-state index contributed by atoms with van der Waals surface area (Å²) >= 11 is 11.8. The number of nitrogen functional groups attached to an aromatic ring is 1. The third-order valence-corrected chi connectivity index (χ3v) is 3.28. The average molecular weight is 310 g/mol. The van der Waals surface area contributed by atoms with E-state index in [-0.39, 0.29) is 16.6 Å². The first-order chi connectivity index (χ1) is 9.47. The Hall–Kier alpha value is -1.78. The molecule has 0 unspecified atom stereocenters. The van der Waals surface area contributed by atoms with Crippen LogP contribution in [0.2, 0.25) is 10.2 Å². The summed E-state index contributed by atoms with van der Waals surface area (Å²) in [6, 6.07) is 8.85. The molecule has 0 aliphatic rings. The Bertz CT molecular complexity index is 646. The van der Waals surface area contributed by atoms with Crippen molar-refractivity contribution in [1.29, 1.82) is 0 Å². The summed E-state index contributed by atoms with van der Waals surface area (Å²) in [7, 11) is 1.68. The molecule has 0 saturated carbocycles. The number of nitrogens with zero attached hydrogens (tertiary/aromatic N) is 2. The van der Waals surface area contributed by atoms with Crippen molar-refractivity contribution in [3.05, 3.63) is 57.8 Å². The Kier molecular flexibility index (Phi) is 4.47. The standard InChI is InChI=1S/C14H13Cl2N3O/c1-19(8-9-3-2-4-10(15)5-9)14(20)12-6-11(17)7-18-13(12)16/h2-7H,8,17H2,1H3. The average Bonchev–Trinajstić information content (AvgIpc) is 2.40. The Balaban J connectivity index is 2.18. The van der Waals surface area contributed by atoms with Crippen molar-refractivity contribution in [3.8, 4) is 0 Å². The molecule has 1 aromatic carbocycles. The van der Waals surface area contributed by atoms with Gasteiger partial charge in [0, 0.05) is 18.6 Å². The Morgan fingerprint density at radius 3 is 2.80 bits per heavy atom. The summed E-state index contributed by atoms with van der Waals surface area (Å²) in [6.45, 7) is 0.421. The van der Waals surface area contributed by atoms with Gasteiger partial charge in [0.1, 0.15) is 5.15 Å². The monoisotopic (exact) mass is 309 g/mol. The van der Waals surface area contributed by atoms with Crippen LogP contribution >= 0.6 is 23.2 Å². The summed E-state index contributed by atoms with van der Waals surface area (Å²) < 4.78 is 0. The molecular weight excluding hydrogens is 297 g/mol. The van der Waals surface area contributed by atoms with Crippen LogP contribution in [0.15, 0.2) is 36.5 Å². The zero-order valence-electron chi connectivity index (χ0n) is 10.8. The number of hydrogen-bond donors (Lipinski definition) is 1. The first kappa shape index (κ1) is 14.6. The molecule has 0 radical (unpaired) electrons. The van der Waals surface area contributed by atoms with Gasteiger partial charge in [0.2, 0.25) is 0 Å². The minimum atomic E-state index is -0.241. The van der Waals surface area contributed by atoms with Crippen molar-refractivity contribution >= 4 is 34.8 Å². The van der Waals surface area contributed by atoms with E-state index >= 15 is 0 Å². The number of benzene rings is 1. The van der Waals surface area contributed by atoms with Crippen molar-refractivity contribution in [1.82, 2.24) is 9.88 Å². The second-order valence-electron chi connectivity index (χ2n) is 4.40. The fourth-order valence-corrected chi connectivity index (χ4v) is 2.20. The van der Waals surface area contributed by atoms with Crippen LogP contribution < -0.4 is 5.73 Å². The number of pyridine rings is 1. The molecule has 2 aromatic rings. The molecule has 0 aliphatic heterocycles. The molecule has 20 heavy (non-hydrogen) atoms. The zero-order valence-corrected chi connectivity index (χ0v) is 12.3. The maximum absolute atomic E-state index is 12.3. The van der Waals surface area contributed by atoms with Crippen molar-refractivity contribution in [2.75, 3.05) is 12.8 Å². The maximum Gasteiger partial charge on any atom is 0.257 e. The minimum absolute atomic E-state index is 0.141. The van der Waals surface area contributed by atoms with E-state index in [0.717, 1.165) is 5.56 Å². The van der Waals surface area contributed by atoms with Crippen LogP contribution in [0, 0.1) is 0 Å². The molecule has 2 rings (SSSR count). The summed E-state index contributed by atoms with van der Waals surface area (Å²) in [5, 5.41) is 0.772. The SMILES string of the molecule is CN(Cc1cccc(Cl)c1)C(=O)c1cc(N)cnc1Cl. The lowest BCUT2D eigenvalue weighted by atomic mass is 10.2. The third kappa shape index (κ3) is 3.40. The highest BCUT2D eigenvalue weighted by Gasteiger charge is 2.16. The molecule has 0 atom stereocenters. The number of nitrogens with two attached hydrogens (primary N) is 1. The van der Waals surface area contributed by atoms with E-state index in [1.54, 1.807) is 13.1 Å². The number of halogens is 2. The summed E-state index contributed by atoms with van der Waals surface area (Å²) in [5.41, 5.74) is 7.25. The van der Waals surface area contributed by atoms with Gasteiger partial charge >= 0.3 is 0 Å². The third-order valence-electron chi connectivity index (χ3n) is 2.75. The van der Waals surface area contributed by atoms with E-state index in [2.05, 4.69) is 4.98 Å². The molecule has 0 bridgehead atoms. The van der Waals surface area contributed by atoms with Gasteiger partial charge in [0.15, 0.2) is 0 Å². The van der Waals surface area contributed by atoms with Crippen LogP contribution in [0.1, 0.15) is 15.9 Å². The fraction of sp³-hybridized carbons (Fsp3) is 0.143. The second kappa shape index (κ2) is 6.11. The van der Waals surface area contributed by atoms with E-state index < -0.39 is 0 Å². The smallest absolute Gasteiger partial charge is 0.257 e. The lowest BCUT2D eigenvalue weighted by Crippen LogP contribution is -2.26. The van der Waals surface area contributed by atoms with Gasteiger partial charge in [-0.3, -0.25) is 4.79 Å². The second-order valence-corrected chi connectivity index (χ2v) is 5.19. The summed E-state index contributed by atoms with van der Waals surface area (Å²) in [4.78, 5) is 17.7. The molecule has 1 heterocycles. The molecule has 1 amide bonds. The van der Waals surface area contributed by atoms with Crippen LogP contribution in [-0.2, 0) is 6.54 Å². The molecule has 104 valence electrons. The Morgan fingerprint density at radius 1 is 1.35 bits per heavy atom. The number of hydrogen-bond acceptors (Lipinski definition) is 3. The van der Waals surface area contributed by atoms with Gasteiger partial charge < -0.3 is 10.6 Å². The van der Waals surface area contributed by atoms with Crippen LogP contribution in [0.5, 0.6) is 0 Å². The first-order valence-corrected chi connectivity index (χ1v) is 6.64. The van der Waals surface area contributed by atoms with Crippen LogP contribution in [-0.4, -0.2) is 22.8 Å². The summed E-state index contributed by atoms with van der Waals surface area (Å²) in [5.74, 6) is -0.241. The molecule has 1 aromatic heterocycles. The topological polar surface area (TPSA) is 59.2 Å². The molecule has 0 aliphatic carbocycles. The number of carbonyl (C=O) groups is 1. The maximum atomic E-state index is 12.3. The number of anilines is 1. The molecular formula is C14H13Cl2N3O. The van der Waals surface area contributed by atoms with Crippen molar-refractivity contribution in [3.63, 3.8) is 0 Å². The molecule has 0 spiro atoms. The van der Waals surface area contributed by atoms with E-state index in [1.807, 2.05) is 18.2 Å². The highest BCUT2D eigenvalue weighted by atomic mass is 35.5. The first-order valence-electron chi connectivity index (χ1n) is 5.88. The van der Waals surface area contributed by atoms with E-state index in [1.165, 1.54) is 17.2 Å². The number of rotatable bonds is 3. The molecule has 2 N–H and O–H groups in total. The predicted octanol–water partition coefficient (Wildman–Crippen LogP) is 3.24. The number of aromatic nitrogens is 1. The van der Waals surface area contributed by atoms with Crippen LogP contribution in [0.3, 0.4) is 0 Å². The Morgan fingerprint density at radius 2 is 2.10 bits per heavy atom. The van der Waals surface area contributed by atoms with Gasteiger partial charge in [-0.15, -0.1) is 0 Å². The normalized spacial score (nSPS) is 10.3. The fourth-order valence-electron chi connectivity index (χ4n) is 1.80. The molecule has 4 nitrogen and oxygen atoms in total.